The van der Waals surface area contributed by atoms with Crippen molar-refractivity contribution in [1.29, 1.82) is 0 Å². The first kappa shape index (κ1) is 30.7. The van der Waals surface area contributed by atoms with Crippen LogP contribution in [0.2, 0.25) is 0 Å². The van der Waals surface area contributed by atoms with Crippen LogP contribution in [0, 0.1) is 29.9 Å². The molecule has 4 aliphatic heterocycles. The Hall–Kier alpha value is -4.34. The molecule has 4 aromatic rings. The quantitative estimate of drug-likeness (QED) is 0.258. The number of fused-ring (bicyclic) bond motifs is 4. The summed E-state index contributed by atoms with van der Waals surface area (Å²) >= 11 is 0. The number of hydrogen-bond acceptors (Lipinski definition) is 9. The molecule has 0 spiro atoms. The average molecular weight is 671 g/mol. The van der Waals surface area contributed by atoms with Crippen LogP contribution in [0.4, 0.5) is 19.0 Å². The Morgan fingerprint density at radius 3 is 2.82 bits per heavy atom. The highest BCUT2D eigenvalue weighted by Gasteiger charge is 2.51. The van der Waals surface area contributed by atoms with Crippen molar-refractivity contribution < 1.29 is 27.8 Å². The fraction of sp³-hybridized carbons (Fsp3) is 0.486. The molecule has 2 aromatic heterocycles. The third-order valence-electron chi connectivity index (χ3n) is 11.3. The molecule has 5 atom stereocenters. The molecular formula is C37H37F3N6O3. The van der Waals surface area contributed by atoms with Crippen molar-refractivity contribution in [3.63, 3.8) is 0 Å². The van der Waals surface area contributed by atoms with E-state index in [0.717, 1.165) is 38.6 Å². The van der Waals surface area contributed by atoms with E-state index in [0.29, 0.717) is 42.6 Å². The van der Waals surface area contributed by atoms with Gasteiger partial charge in [0.1, 0.15) is 52.9 Å². The van der Waals surface area contributed by atoms with E-state index in [1.54, 1.807) is 0 Å². The molecule has 6 heterocycles. The van der Waals surface area contributed by atoms with Crippen LogP contribution in [0.15, 0.2) is 24.3 Å². The first-order valence-electron chi connectivity index (χ1n) is 17.3. The van der Waals surface area contributed by atoms with Gasteiger partial charge in [-0.1, -0.05) is 18.9 Å². The summed E-state index contributed by atoms with van der Waals surface area (Å²) < 4.78 is 60.1. The number of anilines is 1. The molecule has 12 heteroatoms. The van der Waals surface area contributed by atoms with Gasteiger partial charge in [0.25, 0.3) is 0 Å². The number of piperazine rings is 1. The normalized spacial score (nSPS) is 27.9. The van der Waals surface area contributed by atoms with Gasteiger partial charge < -0.3 is 24.8 Å². The summed E-state index contributed by atoms with van der Waals surface area (Å²) in [6, 6.07) is 5.44. The SMILES string of the molecule is C#Cc1c(F)ccc2cc(O)cc(-c3nc4c5c(nc(OC[C@@]67CCCN6C[C@H](F)C7)nc5c3F)N3CCN[C@@H](CC)[C@H]3[C@H](C3CC3)O4)c12. The van der Waals surface area contributed by atoms with E-state index in [2.05, 4.69) is 32.9 Å². The highest BCUT2D eigenvalue weighted by Crippen LogP contribution is 2.48. The first-order chi connectivity index (χ1) is 23.8. The third-order valence-corrected chi connectivity index (χ3v) is 11.3. The Morgan fingerprint density at radius 2 is 2.02 bits per heavy atom. The lowest BCUT2D eigenvalue weighted by atomic mass is 9.93. The van der Waals surface area contributed by atoms with E-state index in [1.165, 1.54) is 24.3 Å². The van der Waals surface area contributed by atoms with Crippen LogP contribution in [-0.4, -0.2) is 87.6 Å². The molecule has 1 aliphatic carbocycles. The minimum atomic E-state index is -0.932. The van der Waals surface area contributed by atoms with Crippen LogP contribution >= 0.6 is 0 Å². The summed E-state index contributed by atoms with van der Waals surface area (Å²) in [6.45, 7) is 4.79. The van der Waals surface area contributed by atoms with Crippen molar-refractivity contribution in [3.05, 3.63) is 41.5 Å². The largest absolute Gasteiger partial charge is 0.508 e. The van der Waals surface area contributed by atoms with E-state index in [4.69, 9.17) is 25.9 Å². The highest BCUT2D eigenvalue weighted by molar-refractivity contribution is 6.04. The molecular weight excluding hydrogens is 633 g/mol. The number of alkyl halides is 1. The Bertz CT molecular complexity index is 2050. The maximum atomic E-state index is 17.2. The number of rotatable bonds is 6. The van der Waals surface area contributed by atoms with Crippen LogP contribution in [0.25, 0.3) is 32.9 Å². The van der Waals surface area contributed by atoms with Gasteiger partial charge in [0.05, 0.1) is 17.1 Å². The van der Waals surface area contributed by atoms with Crippen molar-refractivity contribution in [2.75, 3.05) is 37.7 Å². The molecule has 0 unspecified atom stereocenters. The minimum Gasteiger partial charge on any atom is -0.508 e. The monoisotopic (exact) mass is 670 g/mol. The van der Waals surface area contributed by atoms with Crippen molar-refractivity contribution in [2.45, 2.75) is 75.3 Å². The molecule has 9 nitrogen and oxygen atoms in total. The number of terminal acetylenes is 1. The minimum absolute atomic E-state index is 0.0145. The van der Waals surface area contributed by atoms with Gasteiger partial charge in [0.2, 0.25) is 5.88 Å². The predicted octanol–water partition coefficient (Wildman–Crippen LogP) is 5.49. The molecule has 0 radical (unpaired) electrons. The van der Waals surface area contributed by atoms with Crippen molar-refractivity contribution in [2.24, 2.45) is 5.92 Å². The summed E-state index contributed by atoms with van der Waals surface area (Å²) in [7, 11) is 0. The number of hydrogen-bond donors (Lipinski definition) is 2. The van der Waals surface area contributed by atoms with Gasteiger partial charge in [0.15, 0.2) is 5.82 Å². The Kier molecular flexibility index (Phi) is 7.11. The Balaban J connectivity index is 1.27. The maximum absolute atomic E-state index is 17.2. The van der Waals surface area contributed by atoms with Gasteiger partial charge in [-0.15, -0.1) is 6.42 Å². The number of aromatic nitrogens is 3. The predicted molar refractivity (Wildman–Crippen MR) is 179 cm³/mol. The Labute approximate surface area is 281 Å². The lowest BCUT2D eigenvalue weighted by Gasteiger charge is -2.44. The summed E-state index contributed by atoms with van der Waals surface area (Å²) in [5, 5.41) is 15.4. The molecule has 9 rings (SSSR count). The standard InChI is InChI=1S/C37H37F3N6O3/c1-3-23-25(39)9-8-20-14-22(47)15-24(27(20)23)30-29(40)31-28-34(44-36(43-31)48-18-37-10-5-12-45(37)17-21(38)16-37)46-13-11-41-26(4-2)32(46)33(19-6-7-19)49-35(28)42-30/h1,8-9,14-15,19,21,26,32-33,41,47H,4-7,10-13,16-18H2,2H3/t21-,26+,32+,33+,37+/m1/s1. The van der Waals surface area contributed by atoms with E-state index < -0.39 is 23.3 Å². The van der Waals surface area contributed by atoms with Gasteiger partial charge in [-0.05, 0) is 68.2 Å². The van der Waals surface area contributed by atoms with E-state index in [-0.39, 0.29) is 76.1 Å². The molecule has 49 heavy (non-hydrogen) atoms. The number of benzene rings is 2. The maximum Gasteiger partial charge on any atom is 0.319 e. The van der Waals surface area contributed by atoms with Crippen LogP contribution < -0.4 is 19.7 Å². The third kappa shape index (κ3) is 4.80. The zero-order valence-electron chi connectivity index (χ0n) is 27.2. The molecule has 2 N–H and O–H groups in total. The van der Waals surface area contributed by atoms with Crippen LogP contribution in [-0.2, 0) is 0 Å². The summed E-state index contributed by atoms with van der Waals surface area (Å²) in [6.07, 6.45) is 9.52. The summed E-state index contributed by atoms with van der Waals surface area (Å²) in [5.74, 6) is 1.71. The average Bonchev–Trinajstić information content (AvgIpc) is 3.82. The molecule has 0 amide bonds. The van der Waals surface area contributed by atoms with Crippen LogP contribution in [0.1, 0.15) is 51.0 Å². The van der Waals surface area contributed by atoms with Crippen molar-refractivity contribution >= 4 is 27.5 Å². The van der Waals surface area contributed by atoms with Crippen LogP contribution in [0.5, 0.6) is 17.6 Å². The topological polar surface area (TPSA) is 95.9 Å². The smallest absolute Gasteiger partial charge is 0.319 e. The van der Waals surface area contributed by atoms with Gasteiger partial charge in [-0.3, -0.25) is 4.90 Å². The van der Waals surface area contributed by atoms with Crippen LogP contribution in [0.3, 0.4) is 0 Å². The van der Waals surface area contributed by atoms with Crippen molar-refractivity contribution in [3.8, 4) is 41.2 Å². The molecule has 2 aromatic carbocycles. The number of pyridine rings is 1. The first-order valence-corrected chi connectivity index (χ1v) is 17.3. The lowest BCUT2D eigenvalue weighted by molar-refractivity contribution is 0.107. The fourth-order valence-corrected chi connectivity index (χ4v) is 8.93. The molecule has 0 bridgehead atoms. The van der Waals surface area contributed by atoms with E-state index >= 15 is 8.78 Å². The molecule has 5 aliphatic rings. The molecule has 1 saturated carbocycles. The Morgan fingerprint density at radius 1 is 1.16 bits per heavy atom. The lowest BCUT2D eigenvalue weighted by Crippen LogP contribution is -2.63. The zero-order valence-corrected chi connectivity index (χ0v) is 27.2. The molecule has 3 saturated heterocycles. The van der Waals surface area contributed by atoms with E-state index in [9.17, 15) is 9.50 Å². The number of halogens is 3. The fourth-order valence-electron chi connectivity index (χ4n) is 8.93. The zero-order chi connectivity index (χ0) is 33.6. The second-order valence-electron chi connectivity index (χ2n) is 14.2. The van der Waals surface area contributed by atoms with Crippen molar-refractivity contribution in [1.82, 2.24) is 25.2 Å². The number of aromatic hydroxyl groups is 1. The number of ether oxygens (including phenoxy) is 2. The highest BCUT2D eigenvalue weighted by atomic mass is 19.1. The van der Waals surface area contributed by atoms with Gasteiger partial charge in [-0.25, -0.2) is 18.2 Å². The second-order valence-corrected chi connectivity index (χ2v) is 14.2. The van der Waals surface area contributed by atoms with Gasteiger partial charge >= 0.3 is 6.01 Å². The second kappa shape index (κ2) is 11.4. The summed E-state index contributed by atoms with van der Waals surface area (Å²) in [5.41, 5.74) is -0.659. The molecule has 4 fully saturated rings. The number of phenols is 1. The van der Waals surface area contributed by atoms with Gasteiger partial charge in [-0.2, -0.15) is 9.97 Å². The number of nitrogens with one attached hydrogen (secondary N) is 1. The number of phenolic OH excluding ortho intramolecular Hbond substituents is 1. The van der Waals surface area contributed by atoms with Gasteiger partial charge in [0, 0.05) is 43.0 Å². The molecule has 254 valence electrons. The summed E-state index contributed by atoms with van der Waals surface area (Å²) in [4.78, 5) is 18.8. The number of nitrogens with zero attached hydrogens (tertiary/aromatic N) is 5. The van der Waals surface area contributed by atoms with E-state index in [1.807, 2.05) is 0 Å².